The highest BCUT2D eigenvalue weighted by molar-refractivity contribution is 5.03. The summed E-state index contributed by atoms with van der Waals surface area (Å²) in [6.07, 6.45) is 7.28. The van der Waals surface area contributed by atoms with Gasteiger partial charge in [0.25, 0.3) is 0 Å². The van der Waals surface area contributed by atoms with E-state index in [4.69, 9.17) is 0 Å². The van der Waals surface area contributed by atoms with Gasteiger partial charge in [-0.05, 0) is 13.8 Å². The molecule has 0 saturated heterocycles. The Balaban J connectivity index is 2.23. The van der Waals surface area contributed by atoms with Crippen LogP contribution in [0.1, 0.15) is 25.6 Å². The summed E-state index contributed by atoms with van der Waals surface area (Å²) in [6.45, 7) is 4.98. The molecule has 0 saturated carbocycles. The quantitative estimate of drug-likeness (QED) is 0.784. The maximum absolute atomic E-state index is 11.0. The Morgan fingerprint density at radius 3 is 2.62 bits per heavy atom. The predicted octanol–water partition coefficient (Wildman–Crippen LogP) is 1.67. The van der Waals surface area contributed by atoms with Crippen molar-refractivity contribution in [2.45, 2.75) is 26.4 Å². The van der Waals surface area contributed by atoms with Crippen molar-refractivity contribution in [3.63, 3.8) is 0 Å². The van der Waals surface area contributed by atoms with E-state index >= 15 is 0 Å². The maximum Gasteiger partial charge on any atom is 0.181 e. The van der Waals surface area contributed by atoms with Crippen molar-refractivity contribution in [1.82, 2.24) is 14.1 Å². The Kier molecular flexibility index (Phi) is 2.90. The summed E-state index contributed by atoms with van der Waals surface area (Å²) < 4.78 is 4.09. The number of nitrogens with zero attached hydrogens (tertiary/aromatic N) is 3. The molecule has 84 valence electrons. The molecule has 4 nitrogen and oxygen atoms in total. The van der Waals surface area contributed by atoms with Gasteiger partial charge in [-0.1, -0.05) is 0 Å². The highest BCUT2D eigenvalue weighted by atomic mass is 16.1. The Morgan fingerprint density at radius 2 is 2.00 bits per heavy atom. The molecule has 0 spiro atoms. The molecule has 0 unspecified atom stereocenters. The second-order valence-corrected chi connectivity index (χ2v) is 4.09. The van der Waals surface area contributed by atoms with E-state index in [1.54, 1.807) is 24.5 Å². The topological polar surface area (TPSA) is 39.8 Å². The average Bonchev–Trinajstić information content (AvgIpc) is 2.69. The molecule has 0 aliphatic carbocycles. The van der Waals surface area contributed by atoms with Crippen molar-refractivity contribution in [3.05, 3.63) is 53.0 Å². The summed E-state index contributed by atoms with van der Waals surface area (Å²) in [4.78, 5) is 15.1. The fourth-order valence-corrected chi connectivity index (χ4v) is 1.66. The Morgan fingerprint density at radius 1 is 1.31 bits per heavy atom. The lowest BCUT2D eigenvalue weighted by molar-refractivity contribution is 0.560. The van der Waals surface area contributed by atoms with Crippen LogP contribution in [-0.4, -0.2) is 14.1 Å². The van der Waals surface area contributed by atoms with Gasteiger partial charge in [0.05, 0.1) is 18.6 Å². The lowest BCUT2D eigenvalue weighted by Gasteiger charge is -2.12. The van der Waals surface area contributed by atoms with Crippen LogP contribution in [0.4, 0.5) is 0 Å². The number of rotatable bonds is 3. The fraction of sp³-hybridized carbons (Fsp3) is 0.333. The summed E-state index contributed by atoms with van der Waals surface area (Å²) in [5.41, 5.74) is 1.17. The van der Waals surface area contributed by atoms with Crippen molar-refractivity contribution < 1.29 is 0 Å². The molecule has 0 amide bonds. The largest absolute Gasteiger partial charge is 0.348 e. The smallest absolute Gasteiger partial charge is 0.181 e. The monoisotopic (exact) mass is 217 g/mol. The zero-order chi connectivity index (χ0) is 11.5. The summed E-state index contributed by atoms with van der Waals surface area (Å²) in [5.74, 6) is 0. The minimum Gasteiger partial charge on any atom is -0.348 e. The lowest BCUT2D eigenvalue weighted by Crippen LogP contribution is -2.10. The third kappa shape index (κ3) is 2.21. The lowest BCUT2D eigenvalue weighted by atomic mass is 10.3. The summed E-state index contributed by atoms with van der Waals surface area (Å²) in [7, 11) is 0. The van der Waals surface area contributed by atoms with Crippen LogP contribution in [0.3, 0.4) is 0 Å². The second kappa shape index (κ2) is 4.35. The van der Waals surface area contributed by atoms with Crippen LogP contribution in [0, 0.1) is 0 Å². The third-order valence-electron chi connectivity index (χ3n) is 2.51. The normalized spacial score (nSPS) is 10.9. The zero-order valence-corrected chi connectivity index (χ0v) is 9.50. The minimum atomic E-state index is 0.0358. The molecular formula is C12H15N3O. The van der Waals surface area contributed by atoms with Crippen molar-refractivity contribution in [3.8, 4) is 0 Å². The standard InChI is InChI=1S/C12H15N3O/c1-10(2)15-9-13-7-11(15)8-14-5-3-12(16)4-6-14/h3-7,9-10H,8H2,1-2H3. The second-order valence-electron chi connectivity index (χ2n) is 4.09. The summed E-state index contributed by atoms with van der Waals surface area (Å²) in [5, 5.41) is 0. The first-order valence-electron chi connectivity index (χ1n) is 5.33. The van der Waals surface area contributed by atoms with Gasteiger partial charge >= 0.3 is 0 Å². The van der Waals surface area contributed by atoms with Crippen LogP contribution < -0.4 is 5.43 Å². The third-order valence-corrected chi connectivity index (χ3v) is 2.51. The van der Waals surface area contributed by atoms with E-state index < -0.39 is 0 Å². The number of hydrogen-bond acceptors (Lipinski definition) is 2. The van der Waals surface area contributed by atoms with E-state index in [0.717, 1.165) is 12.2 Å². The SMILES string of the molecule is CC(C)n1cncc1Cn1ccc(=O)cc1. The molecule has 0 atom stereocenters. The van der Waals surface area contributed by atoms with Gasteiger partial charge in [-0.25, -0.2) is 4.98 Å². The molecule has 0 fully saturated rings. The molecule has 0 radical (unpaired) electrons. The van der Waals surface area contributed by atoms with E-state index in [9.17, 15) is 4.79 Å². The fourth-order valence-electron chi connectivity index (χ4n) is 1.66. The van der Waals surface area contributed by atoms with Crippen LogP contribution in [0.2, 0.25) is 0 Å². The van der Waals surface area contributed by atoms with Crippen LogP contribution in [0.25, 0.3) is 0 Å². The van der Waals surface area contributed by atoms with Gasteiger partial charge < -0.3 is 9.13 Å². The Hall–Kier alpha value is -1.84. The van der Waals surface area contributed by atoms with Gasteiger partial charge in [0, 0.05) is 36.8 Å². The van der Waals surface area contributed by atoms with E-state index in [2.05, 4.69) is 23.4 Å². The number of aromatic nitrogens is 3. The molecule has 0 aliphatic rings. The highest BCUT2D eigenvalue weighted by Gasteiger charge is 2.04. The molecule has 16 heavy (non-hydrogen) atoms. The van der Waals surface area contributed by atoms with Crippen molar-refractivity contribution in [2.24, 2.45) is 0 Å². The molecule has 2 aromatic rings. The van der Waals surface area contributed by atoms with E-state index in [0.29, 0.717) is 6.04 Å². The van der Waals surface area contributed by atoms with Crippen molar-refractivity contribution in [1.29, 1.82) is 0 Å². The number of imidazole rings is 1. The van der Waals surface area contributed by atoms with Crippen molar-refractivity contribution >= 4 is 0 Å². The molecule has 4 heteroatoms. The molecule has 0 bridgehead atoms. The predicted molar refractivity (Wildman–Crippen MR) is 62.4 cm³/mol. The molecule has 2 heterocycles. The first-order valence-corrected chi connectivity index (χ1v) is 5.33. The van der Waals surface area contributed by atoms with Crippen LogP contribution in [0.5, 0.6) is 0 Å². The van der Waals surface area contributed by atoms with Crippen molar-refractivity contribution in [2.75, 3.05) is 0 Å². The van der Waals surface area contributed by atoms with Crippen LogP contribution >= 0.6 is 0 Å². The molecule has 0 N–H and O–H groups in total. The van der Waals surface area contributed by atoms with Gasteiger partial charge in [-0.3, -0.25) is 4.79 Å². The first-order chi connectivity index (χ1) is 7.66. The molecular weight excluding hydrogens is 202 g/mol. The maximum atomic E-state index is 11.0. The summed E-state index contributed by atoms with van der Waals surface area (Å²) >= 11 is 0. The van der Waals surface area contributed by atoms with Gasteiger partial charge in [0.2, 0.25) is 0 Å². The van der Waals surface area contributed by atoms with Gasteiger partial charge in [0.1, 0.15) is 0 Å². The highest BCUT2D eigenvalue weighted by Crippen LogP contribution is 2.09. The molecule has 0 aromatic carbocycles. The van der Waals surface area contributed by atoms with E-state index in [1.807, 2.05) is 17.1 Å². The Bertz CT molecular complexity index is 505. The average molecular weight is 217 g/mol. The molecule has 2 rings (SSSR count). The minimum absolute atomic E-state index is 0.0358. The molecule has 2 aromatic heterocycles. The first kappa shape index (κ1) is 10.7. The Labute approximate surface area is 94.2 Å². The van der Waals surface area contributed by atoms with Gasteiger partial charge in [0.15, 0.2) is 5.43 Å². The van der Waals surface area contributed by atoms with Gasteiger partial charge in [-0.15, -0.1) is 0 Å². The van der Waals surface area contributed by atoms with Crippen LogP contribution in [-0.2, 0) is 6.54 Å². The zero-order valence-electron chi connectivity index (χ0n) is 9.50. The van der Waals surface area contributed by atoms with E-state index in [1.165, 1.54) is 0 Å². The number of hydrogen-bond donors (Lipinski definition) is 0. The van der Waals surface area contributed by atoms with Gasteiger partial charge in [-0.2, -0.15) is 0 Å². The number of pyridine rings is 1. The van der Waals surface area contributed by atoms with E-state index in [-0.39, 0.29) is 5.43 Å². The molecule has 0 aliphatic heterocycles. The van der Waals surface area contributed by atoms with Crippen LogP contribution in [0.15, 0.2) is 41.8 Å². The summed E-state index contributed by atoms with van der Waals surface area (Å²) in [6, 6.07) is 3.53.